The maximum atomic E-state index is 11.7. The first kappa shape index (κ1) is 14.3. The second kappa shape index (κ2) is 8.37. The number of rotatable bonds is 8. The predicted molar refractivity (Wildman–Crippen MR) is 72.8 cm³/mol. The number of pyridine rings is 1. The van der Waals surface area contributed by atoms with Crippen molar-refractivity contribution >= 4 is 21.7 Å². The fourth-order valence-corrected chi connectivity index (χ4v) is 2.10. The van der Waals surface area contributed by atoms with Crippen LogP contribution in [0.1, 0.15) is 37.7 Å². The molecular formula is C13H19BrN2O. The Morgan fingerprint density at radius 1 is 1.24 bits per heavy atom. The molecule has 0 aliphatic carbocycles. The molecule has 1 rings (SSSR count). The lowest BCUT2D eigenvalue weighted by atomic mass is 10.0. The number of hydrogen-bond acceptors (Lipinski definition) is 3. The quantitative estimate of drug-likeness (QED) is 0.751. The van der Waals surface area contributed by atoms with E-state index in [1.54, 1.807) is 12.4 Å². The van der Waals surface area contributed by atoms with Gasteiger partial charge in [-0.1, -0.05) is 12.8 Å². The number of unbranched alkanes of at least 4 members (excludes halogenated alkanes) is 3. The molecule has 0 bridgehead atoms. The van der Waals surface area contributed by atoms with Gasteiger partial charge in [-0.3, -0.25) is 9.78 Å². The Bertz CT molecular complexity index is 355. The molecule has 0 aromatic carbocycles. The van der Waals surface area contributed by atoms with Gasteiger partial charge >= 0.3 is 0 Å². The Labute approximate surface area is 111 Å². The van der Waals surface area contributed by atoms with Crippen molar-refractivity contribution in [2.45, 2.75) is 38.5 Å². The highest BCUT2D eigenvalue weighted by molar-refractivity contribution is 9.10. The predicted octanol–water partition coefficient (Wildman–Crippen LogP) is 2.86. The maximum absolute atomic E-state index is 11.7. The molecule has 0 spiro atoms. The van der Waals surface area contributed by atoms with Crippen LogP contribution in [0.3, 0.4) is 0 Å². The molecule has 4 heteroatoms. The van der Waals surface area contributed by atoms with Crippen LogP contribution in [-0.4, -0.2) is 17.3 Å². The summed E-state index contributed by atoms with van der Waals surface area (Å²) in [6, 6.07) is 1.94. The number of aromatic nitrogens is 1. The third-order valence-corrected chi connectivity index (χ3v) is 3.01. The zero-order valence-electron chi connectivity index (χ0n) is 9.99. The Morgan fingerprint density at radius 3 is 2.71 bits per heavy atom. The molecule has 0 radical (unpaired) electrons. The summed E-state index contributed by atoms with van der Waals surface area (Å²) in [6.45, 7) is 0.748. The second-order valence-electron chi connectivity index (χ2n) is 4.18. The summed E-state index contributed by atoms with van der Waals surface area (Å²) in [6.07, 6.45) is 8.88. The minimum absolute atomic E-state index is 0.289. The van der Waals surface area contributed by atoms with Gasteiger partial charge in [0.2, 0.25) is 0 Å². The van der Waals surface area contributed by atoms with Crippen LogP contribution in [0.25, 0.3) is 0 Å². The fourth-order valence-electron chi connectivity index (χ4n) is 1.69. The van der Waals surface area contributed by atoms with Gasteiger partial charge in [0.05, 0.1) is 0 Å². The van der Waals surface area contributed by atoms with Crippen LogP contribution in [0.4, 0.5) is 0 Å². The van der Waals surface area contributed by atoms with Gasteiger partial charge in [0.15, 0.2) is 0 Å². The van der Waals surface area contributed by atoms with Crippen molar-refractivity contribution in [3.63, 3.8) is 0 Å². The zero-order chi connectivity index (χ0) is 12.5. The van der Waals surface area contributed by atoms with Crippen molar-refractivity contribution in [3.05, 3.63) is 28.5 Å². The van der Waals surface area contributed by atoms with E-state index in [4.69, 9.17) is 5.73 Å². The number of ketones is 1. The summed E-state index contributed by atoms with van der Waals surface area (Å²) < 4.78 is 0.922. The van der Waals surface area contributed by atoms with Crippen LogP contribution in [0.15, 0.2) is 22.9 Å². The lowest BCUT2D eigenvalue weighted by Gasteiger charge is -2.02. The highest BCUT2D eigenvalue weighted by atomic mass is 79.9. The highest BCUT2D eigenvalue weighted by Crippen LogP contribution is 2.11. The molecule has 17 heavy (non-hydrogen) atoms. The third kappa shape index (κ3) is 6.54. The largest absolute Gasteiger partial charge is 0.330 e. The van der Waals surface area contributed by atoms with E-state index in [9.17, 15) is 4.79 Å². The summed E-state index contributed by atoms with van der Waals surface area (Å²) in [7, 11) is 0. The second-order valence-corrected chi connectivity index (χ2v) is 5.10. The Hall–Kier alpha value is -0.740. The molecule has 0 aliphatic rings. The number of nitrogens with two attached hydrogens (primary N) is 1. The average molecular weight is 299 g/mol. The molecule has 94 valence electrons. The topological polar surface area (TPSA) is 56.0 Å². The monoisotopic (exact) mass is 298 g/mol. The summed E-state index contributed by atoms with van der Waals surface area (Å²) in [5, 5.41) is 0. The van der Waals surface area contributed by atoms with Gasteiger partial charge < -0.3 is 5.73 Å². The maximum Gasteiger partial charge on any atom is 0.137 e. The van der Waals surface area contributed by atoms with Crippen molar-refractivity contribution in [1.82, 2.24) is 4.98 Å². The number of carbonyl (C=O) groups excluding carboxylic acids is 1. The fraction of sp³-hybridized carbons (Fsp3) is 0.538. The van der Waals surface area contributed by atoms with Crippen LogP contribution in [0.2, 0.25) is 0 Å². The normalized spacial score (nSPS) is 10.5. The van der Waals surface area contributed by atoms with Crippen molar-refractivity contribution < 1.29 is 4.79 Å². The van der Waals surface area contributed by atoms with Crippen LogP contribution in [0.5, 0.6) is 0 Å². The van der Waals surface area contributed by atoms with E-state index >= 15 is 0 Å². The summed E-state index contributed by atoms with van der Waals surface area (Å²) in [5.74, 6) is 0.289. The lowest BCUT2D eigenvalue weighted by molar-refractivity contribution is -0.118. The van der Waals surface area contributed by atoms with E-state index in [0.717, 1.165) is 42.3 Å². The van der Waals surface area contributed by atoms with Gasteiger partial charge in [0.1, 0.15) is 5.78 Å². The molecule has 0 atom stereocenters. The zero-order valence-corrected chi connectivity index (χ0v) is 11.6. The van der Waals surface area contributed by atoms with Gasteiger partial charge in [-0.15, -0.1) is 0 Å². The van der Waals surface area contributed by atoms with E-state index < -0.39 is 0 Å². The van der Waals surface area contributed by atoms with Crippen LogP contribution in [0, 0.1) is 0 Å². The average Bonchev–Trinajstić information content (AvgIpc) is 2.29. The molecule has 1 heterocycles. The SMILES string of the molecule is NCCCCCCC(=O)Cc1cncc(Br)c1. The molecule has 0 saturated heterocycles. The summed E-state index contributed by atoms with van der Waals surface area (Å²) >= 11 is 3.35. The number of halogens is 1. The Balaban J connectivity index is 2.21. The first-order valence-electron chi connectivity index (χ1n) is 6.03. The smallest absolute Gasteiger partial charge is 0.137 e. The van der Waals surface area contributed by atoms with E-state index in [1.807, 2.05) is 6.07 Å². The van der Waals surface area contributed by atoms with Crippen LogP contribution >= 0.6 is 15.9 Å². The highest BCUT2D eigenvalue weighted by Gasteiger charge is 2.04. The summed E-state index contributed by atoms with van der Waals surface area (Å²) in [4.78, 5) is 15.7. The number of nitrogens with zero attached hydrogens (tertiary/aromatic N) is 1. The molecule has 0 amide bonds. The molecule has 0 fully saturated rings. The van der Waals surface area contributed by atoms with Gasteiger partial charge in [-0.2, -0.15) is 0 Å². The van der Waals surface area contributed by atoms with E-state index in [-0.39, 0.29) is 5.78 Å². The van der Waals surface area contributed by atoms with Crippen molar-refractivity contribution in [2.75, 3.05) is 6.54 Å². The van der Waals surface area contributed by atoms with Gasteiger partial charge in [0, 0.05) is 29.7 Å². The first-order chi connectivity index (χ1) is 8.22. The lowest BCUT2D eigenvalue weighted by Crippen LogP contribution is -2.03. The van der Waals surface area contributed by atoms with E-state index in [1.165, 1.54) is 0 Å². The molecule has 1 aromatic heterocycles. The van der Waals surface area contributed by atoms with Crippen molar-refractivity contribution in [1.29, 1.82) is 0 Å². The number of carbonyl (C=O) groups is 1. The molecule has 3 nitrogen and oxygen atoms in total. The molecule has 2 N–H and O–H groups in total. The molecule has 0 aliphatic heterocycles. The first-order valence-corrected chi connectivity index (χ1v) is 6.83. The van der Waals surface area contributed by atoms with Gasteiger partial charge in [-0.05, 0) is 46.9 Å². The Morgan fingerprint density at radius 2 is 2.00 bits per heavy atom. The number of Topliss-reactive ketones (excluding diaryl/α,β-unsaturated/α-hetero) is 1. The van der Waals surface area contributed by atoms with Crippen LogP contribution < -0.4 is 5.73 Å². The van der Waals surface area contributed by atoms with E-state index in [2.05, 4.69) is 20.9 Å². The molecule has 1 aromatic rings. The minimum atomic E-state index is 0.289. The Kier molecular flexibility index (Phi) is 7.05. The van der Waals surface area contributed by atoms with Gasteiger partial charge in [-0.25, -0.2) is 0 Å². The van der Waals surface area contributed by atoms with Crippen molar-refractivity contribution in [3.8, 4) is 0 Å². The molecule has 0 saturated carbocycles. The van der Waals surface area contributed by atoms with Crippen molar-refractivity contribution in [2.24, 2.45) is 5.73 Å². The number of hydrogen-bond donors (Lipinski definition) is 1. The van der Waals surface area contributed by atoms with Crippen LogP contribution in [-0.2, 0) is 11.2 Å². The summed E-state index contributed by atoms with van der Waals surface area (Å²) in [5.41, 5.74) is 6.39. The minimum Gasteiger partial charge on any atom is -0.330 e. The standard InChI is InChI=1S/C13H19BrN2O/c14-12-7-11(9-16-10-12)8-13(17)5-3-1-2-4-6-15/h7,9-10H,1-6,8,15H2. The van der Waals surface area contributed by atoms with Gasteiger partial charge in [0.25, 0.3) is 0 Å². The van der Waals surface area contributed by atoms with E-state index in [0.29, 0.717) is 12.8 Å². The molecule has 0 unspecified atom stereocenters. The third-order valence-electron chi connectivity index (χ3n) is 2.57. The molecular weight excluding hydrogens is 280 g/mol.